The summed E-state index contributed by atoms with van der Waals surface area (Å²) < 4.78 is 40.2. The molecule has 0 fully saturated rings. The van der Waals surface area contributed by atoms with Gasteiger partial charge in [0.25, 0.3) is 5.91 Å². The Labute approximate surface area is 181 Å². The van der Waals surface area contributed by atoms with Gasteiger partial charge in [-0.1, -0.05) is 24.3 Å². The molecular weight excluding hydrogens is 427 g/mol. The van der Waals surface area contributed by atoms with Crippen molar-refractivity contribution in [2.75, 3.05) is 12.3 Å². The minimum atomic E-state index is -4.51. The van der Waals surface area contributed by atoms with E-state index in [1.807, 2.05) is 30.3 Å². The average Bonchev–Trinajstić information content (AvgIpc) is 2.73. The summed E-state index contributed by atoms with van der Waals surface area (Å²) in [5.74, 6) is 0.121. The number of nitrogens with zero attached hydrogens (tertiary/aromatic N) is 2. The fraction of sp³-hybridized carbons (Fsp3) is 0.227. The molecule has 0 saturated heterocycles. The van der Waals surface area contributed by atoms with Gasteiger partial charge in [-0.05, 0) is 49.4 Å². The minimum Gasteiger partial charge on any atom is -0.350 e. The molecule has 5 nitrogen and oxygen atoms in total. The van der Waals surface area contributed by atoms with Crippen molar-refractivity contribution < 1.29 is 18.0 Å². The van der Waals surface area contributed by atoms with Gasteiger partial charge >= 0.3 is 6.18 Å². The molecule has 0 bridgehead atoms. The monoisotopic (exact) mass is 447 g/mol. The Kier molecular flexibility index (Phi) is 7.17. The molecule has 1 aromatic heterocycles. The molecule has 0 spiro atoms. The summed E-state index contributed by atoms with van der Waals surface area (Å²) in [5, 5.41) is 6.68. The maximum atomic E-state index is 13.0. The molecule has 162 valence electrons. The molecule has 0 aliphatic rings. The van der Waals surface area contributed by atoms with Crippen LogP contribution in [0.25, 0.3) is 5.69 Å². The van der Waals surface area contributed by atoms with Gasteiger partial charge < -0.3 is 5.32 Å². The smallest absolute Gasteiger partial charge is 0.350 e. The number of alkyl halides is 3. The molecule has 0 radical (unpaired) electrons. The number of carbonyl (C=O) groups is 1. The van der Waals surface area contributed by atoms with E-state index in [0.717, 1.165) is 27.5 Å². The molecule has 0 saturated carbocycles. The number of benzene rings is 2. The number of amides is 1. The molecule has 0 aliphatic carbocycles. The van der Waals surface area contributed by atoms with Crippen molar-refractivity contribution in [3.8, 4) is 5.69 Å². The second-order valence-electron chi connectivity index (χ2n) is 6.73. The van der Waals surface area contributed by atoms with Crippen LogP contribution >= 0.6 is 11.8 Å². The Bertz CT molecular complexity index is 1110. The largest absolute Gasteiger partial charge is 0.416 e. The Balaban J connectivity index is 1.69. The van der Waals surface area contributed by atoms with Crippen molar-refractivity contribution in [1.29, 1.82) is 0 Å². The lowest BCUT2D eigenvalue weighted by Crippen LogP contribution is -2.32. The number of hydrogen-bond acceptors (Lipinski definition) is 4. The number of carbonyl (C=O) groups excluding carboxylic acids is 1. The molecule has 1 N–H and O–H groups in total. The zero-order chi connectivity index (χ0) is 22.4. The topological polar surface area (TPSA) is 64.0 Å². The lowest BCUT2D eigenvalue weighted by Gasteiger charge is -2.13. The van der Waals surface area contributed by atoms with E-state index in [2.05, 4.69) is 10.4 Å². The third kappa shape index (κ3) is 5.97. The van der Waals surface area contributed by atoms with E-state index in [-0.39, 0.29) is 11.4 Å². The predicted octanol–water partition coefficient (Wildman–Crippen LogP) is 4.47. The normalized spacial score (nSPS) is 11.4. The summed E-state index contributed by atoms with van der Waals surface area (Å²) in [6.45, 7) is 1.88. The van der Waals surface area contributed by atoms with Crippen LogP contribution in [0, 0.1) is 6.92 Å². The Morgan fingerprint density at radius 2 is 1.84 bits per heavy atom. The van der Waals surface area contributed by atoms with E-state index in [0.29, 0.717) is 18.7 Å². The minimum absolute atomic E-state index is 0.112. The highest BCUT2D eigenvalue weighted by Gasteiger charge is 2.30. The van der Waals surface area contributed by atoms with E-state index < -0.39 is 23.1 Å². The van der Waals surface area contributed by atoms with Gasteiger partial charge in [0, 0.05) is 23.2 Å². The van der Waals surface area contributed by atoms with Crippen LogP contribution in [0.1, 0.15) is 28.2 Å². The molecule has 1 amide bonds. The number of hydrogen-bond donors (Lipinski definition) is 1. The molecule has 3 aromatic rings. The first kappa shape index (κ1) is 22.6. The number of aryl methyl sites for hydroxylation is 1. The first-order chi connectivity index (χ1) is 14.8. The van der Waals surface area contributed by atoms with Crippen molar-refractivity contribution in [1.82, 2.24) is 15.1 Å². The summed E-state index contributed by atoms with van der Waals surface area (Å²) in [6, 6.07) is 15.6. The van der Waals surface area contributed by atoms with Crippen LogP contribution < -0.4 is 10.7 Å². The third-order valence-corrected chi connectivity index (χ3v) is 5.46. The highest BCUT2D eigenvalue weighted by atomic mass is 32.2. The fourth-order valence-corrected chi connectivity index (χ4v) is 3.72. The molecule has 1 heterocycles. The number of nitrogens with one attached hydrogen (secondary N) is 1. The fourth-order valence-electron chi connectivity index (χ4n) is 2.84. The van der Waals surface area contributed by atoms with Crippen LogP contribution in [0.4, 0.5) is 13.2 Å². The number of thioether (sulfide) groups is 1. The van der Waals surface area contributed by atoms with Gasteiger partial charge in [0.1, 0.15) is 0 Å². The van der Waals surface area contributed by atoms with Gasteiger partial charge in [-0.25, -0.2) is 4.68 Å². The van der Waals surface area contributed by atoms with Gasteiger partial charge in [-0.2, -0.15) is 18.3 Å². The molecule has 2 aromatic carbocycles. The van der Waals surface area contributed by atoms with Crippen molar-refractivity contribution >= 4 is 17.7 Å². The molecule has 3 rings (SSSR count). The van der Waals surface area contributed by atoms with E-state index in [9.17, 15) is 22.8 Å². The van der Waals surface area contributed by atoms with Gasteiger partial charge in [0.15, 0.2) is 5.69 Å². The number of rotatable bonds is 7. The summed E-state index contributed by atoms with van der Waals surface area (Å²) in [7, 11) is 0. The molecule has 0 unspecified atom stereocenters. The van der Waals surface area contributed by atoms with Crippen LogP contribution in [0.15, 0.2) is 70.4 Å². The molecule has 31 heavy (non-hydrogen) atoms. The summed E-state index contributed by atoms with van der Waals surface area (Å²) in [6.07, 6.45) is -3.83. The quantitative estimate of drug-likeness (QED) is 0.429. The van der Waals surface area contributed by atoms with Crippen molar-refractivity contribution in [2.24, 2.45) is 0 Å². The van der Waals surface area contributed by atoms with Crippen molar-refractivity contribution in [2.45, 2.75) is 24.4 Å². The van der Waals surface area contributed by atoms with Crippen molar-refractivity contribution in [3.05, 3.63) is 87.8 Å². The second kappa shape index (κ2) is 9.82. The maximum Gasteiger partial charge on any atom is 0.416 e. The average molecular weight is 447 g/mol. The highest BCUT2D eigenvalue weighted by Crippen LogP contribution is 2.30. The summed E-state index contributed by atoms with van der Waals surface area (Å²) in [4.78, 5) is 25.8. The van der Waals surface area contributed by atoms with Crippen LogP contribution in [-0.2, 0) is 6.18 Å². The second-order valence-corrected chi connectivity index (χ2v) is 7.90. The van der Waals surface area contributed by atoms with Crippen LogP contribution in [0.3, 0.4) is 0 Å². The van der Waals surface area contributed by atoms with E-state index in [1.54, 1.807) is 11.8 Å². The van der Waals surface area contributed by atoms with E-state index >= 15 is 0 Å². The number of aromatic nitrogens is 2. The first-order valence-electron chi connectivity index (χ1n) is 9.50. The lowest BCUT2D eigenvalue weighted by molar-refractivity contribution is -0.137. The molecular formula is C22H20F3N3O2S. The Morgan fingerprint density at radius 3 is 2.55 bits per heavy atom. The highest BCUT2D eigenvalue weighted by molar-refractivity contribution is 7.99. The molecule has 0 aliphatic heterocycles. The Hall–Kier alpha value is -3.07. The Morgan fingerprint density at radius 1 is 1.10 bits per heavy atom. The maximum absolute atomic E-state index is 13.0. The van der Waals surface area contributed by atoms with Crippen molar-refractivity contribution in [3.63, 3.8) is 0 Å². The van der Waals surface area contributed by atoms with Crippen LogP contribution in [0.5, 0.6) is 0 Å². The summed E-state index contributed by atoms with van der Waals surface area (Å²) in [5.41, 5.74) is -1.36. The van der Waals surface area contributed by atoms with Crippen LogP contribution in [0.2, 0.25) is 0 Å². The molecule has 9 heteroatoms. The van der Waals surface area contributed by atoms with E-state index in [1.165, 1.54) is 25.1 Å². The number of halogens is 3. The zero-order valence-electron chi connectivity index (χ0n) is 16.6. The van der Waals surface area contributed by atoms with Gasteiger partial charge in [-0.15, -0.1) is 11.8 Å². The third-order valence-electron chi connectivity index (χ3n) is 4.36. The van der Waals surface area contributed by atoms with E-state index in [4.69, 9.17) is 0 Å². The molecule has 0 atom stereocenters. The zero-order valence-corrected chi connectivity index (χ0v) is 17.5. The van der Waals surface area contributed by atoms with Gasteiger partial charge in [0.2, 0.25) is 5.43 Å². The lowest BCUT2D eigenvalue weighted by atomic mass is 10.2. The SMILES string of the molecule is Cc1cc(=O)c(C(=O)NCCCSc2ccccc2)nn1-c1cccc(C(F)(F)F)c1. The van der Waals surface area contributed by atoms with Crippen LogP contribution in [-0.4, -0.2) is 28.0 Å². The van der Waals surface area contributed by atoms with Gasteiger partial charge in [-0.3, -0.25) is 9.59 Å². The van der Waals surface area contributed by atoms with Gasteiger partial charge in [0.05, 0.1) is 11.3 Å². The predicted molar refractivity (Wildman–Crippen MR) is 114 cm³/mol. The summed E-state index contributed by atoms with van der Waals surface area (Å²) >= 11 is 1.65. The first-order valence-corrected chi connectivity index (χ1v) is 10.5. The standard InChI is InChI=1S/C22H20F3N3O2S/c1-15-13-19(29)20(21(30)26-11-6-12-31-18-9-3-2-4-10-18)27-28(15)17-8-5-7-16(14-17)22(23,24)25/h2-5,7-10,13-14H,6,11-12H2,1H3,(H,26,30).